The first-order chi connectivity index (χ1) is 19.7. The van der Waals surface area contributed by atoms with Crippen molar-refractivity contribution in [2.45, 2.75) is 52.1 Å². The van der Waals surface area contributed by atoms with Gasteiger partial charge in [0.1, 0.15) is 12.4 Å². The predicted molar refractivity (Wildman–Crippen MR) is 155 cm³/mol. The highest BCUT2D eigenvalue weighted by atomic mass is 16.5. The zero-order chi connectivity index (χ0) is 29.7. The first-order valence-corrected chi connectivity index (χ1v) is 13.4. The lowest BCUT2D eigenvalue weighted by Gasteiger charge is -2.20. The standard InChI is InChI=1S/C29H36N6O6/c1-15(2)11-22(28(38)34-29-30-14-31-35-29)33-21-10-8-18-19(13-23(21)37)20(32-16(3)36)9-7-17-12-24(39-4)26(40-5)27(41-6)25(17)18/h8,10,12-15,20,22H,7,9,11H2,1-6H3,(H,32,36)(H,33,37)(H2,30,31,34,35,38)/t20-,22+/m0/s1. The van der Waals surface area contributed by atoms with E-state index in [9.17, 15) is 14.4 Å². The van der Waals surface area contributed by atoms with E-state index in [1.54, 1.807) is 20.3 Å². The van der Waals surface area contributed by atoms with Crippen LogP contribution in [-0.2, 0) is 16.0 Å². The first kappa shape index (κ1) is 29.4. The summed E-state index contributed by atoms with van der Waals surface area (Å²) in [6, 6.07) is 5.72. The van der Waals surface area contributed by atoms with Crippen molar-refractivity contribution in [3.8, 4) is 28.4 Å². The van der Waals surface area contributed by atoms with Crippen LogP contribution in [0, 0.1) is 5.92 Å². The minimum absolute atomic E-state index is 0.153. The number of nitrogens with zero attached hydrogens (tertiary/aromatic N) is 2. The SMILES string of the molecule is COc1cc2c(c(OC)c1OC)-c1ccc(N[C@H](CC(C)C)C(=O)Nc3ncn[nH]3)c(=O)cc1[C@@H](NC(C)=O)CC2. The molecule has 0 saturated carbocycles. The van der Waals surface area contributed by atoms with Crippen LogP contribution in [0.1, 0.15) is 50.8 Å². The molecule has 41 heavy (non-hydrogen) atoms. The molecule has 12 heteroatoms. The zero-order valence-electron chi connectivity index (χ0n) is 24.1. The summed E-state index contributed by atoms with van der Waals surface area (Å²) in [6.45, 7) is 5.43. The van der Waals surface area contributed by atoms with Gasteiger partial charge in [0.2, 0.25) is 28.9 Å². The third-order valence-electron chi connectivity index (χ3n) is 6.93. The number of benzene rings is 1. The fraction of sp³-hybridized carbons (Fsp3) is 0.414. The number of aryl methyl sites for hydroxylation is 1. The Morgan fingerprint density at radius 1 is 1.10 bits per heavy atom. The van der Waals surface area contributed by atoms with Gasteiger partial charge in [0.15, 0.2) is 11.5 Å². The Labute approximate surface area is 238 Å². The Bertz CT molecular complexity index is 1470. The molecule has 0 saturated heterocycles. The van der Waals surface area contributed by atoms with Gasteiger partial charge in [-0.25, -0.2) is 5.10 Å². The van der Waals surface area contributed by atoms with Crippen LogP contribution in [0.2, 0.25) is 0 Å². The molecular formula is C29H36N6O6. The second-order valence-electron chi connectivity index (χ2n) is 10.2. The molecule has 4 rings (SSSR count). The lowest BCUT2D eigenvalue weighted by molar-refractivity contribution is -0.120. The molecule has 4 N–H and O–H groups in total. The van der Waals surface area contributed by atoms with Crippen molar-refractivity contribution in [2.24, 2.45) is 5.92 Å². The van der Waals surface area contributed by atoms with E-state index in [-0.39, 0.29) is 34.8 Å². The average molecular weight is 565 g/mol. The topological polar surface area (TPSA) is 157 Å². The second-order valence-corrected chi connectivity index (χ2v) is 10.2. The van der Waals surface area contributed by atoms with Crippen LogP contribution < -0.4 is 35.6 Å². The maximum atomic E-state index is 13.7. The maximum Gasteiger partial charge on any atom is 0.249 e. The highest BCUT2D eigenvalue weighted by molar-refractivity contribution is 5.95. The van der Waals surface area contributed by atoms with Gasteiger partial charge < -0.3 is 24.8 Å². The van der Waals surface area contributed by atoms with E-state index in [0.717, 1.165) is 11.1 Å². The van der Waals surface area contributed by atoms with Gasteiger partial charge in [0.05, 0.1) is 33.1 Å². The van der Waals surface area contributed by atoms with E-state index >= 15 is 0 Å². The van der Waals surface area contributed by atoms with Crippen LogP contribution in [0.3, 0.4) is 0 Å². The maximum absolute atomic E-state index is 13.7. The van der Waals surface area contributed by atoms with Gasteiger partial charge in [-0.15, -0.1) is 0 Å². The summed E-state index contributed by atoms with van der Waals surface area (Å²) >= 11 is 0. The monoisotopic (exact) mass is 564 g/mol. The van der Waals surface area contributed by atoms with E-state index in [4.69, 9.17) is 14.2 Å². The molecule has 1 aliphatic carbocycles. The van der Waals surface area contributed by atoms with Gasteiger partial charge in [-0.05, 0) is 60.1 Å². The van der Waals surface area contributed by atoms with Crippen molar-refractivity contribution >= 4 is 23.5 Å². The highest BCUT2D eigenvalue weighted by Gasteiger charge is 2.30. The molecule has 0 unspecified atom stereocenters. The van der Waals surface area contributed by atoms with Crippen molar-refractivity contribution in [3.63, 3.8) is 0 Å². The molecule has 12 nitrogen and oxygen atoms in total. The first-order valence-electron chi connectivity index (χ1n) is 13.4. The fourth-order valence-electron chi connectivity index (χ4n) is 5.19. The summed E-state index contributed by atoms with van der Waals surface area (Å²) in [5.74, 6) is 1.19. The smallest absolute Gasteiger partial charge is 0.249 e. The molecule has 0 bridgehead atoms. The van der Waals surface area contributed by atoms with Crippen LogP contribution >= 0.6 is 0 Å². The Hall–Kier alpha value is -4.61. The third kappa shape index (κ3) is 6.42. The molecule has 0 radical (unpaired) electrons. The molecule has 1 aromatic heterocycles. The molecular weight excluding hydrogens is 528 g/mol. The van der Waals surface area contributed by atoms with Crippen molar-refractivity contribution in [1.82, 2.24) is 20.5 Å². The van der Waals surface area contributed by atoms with E-state index in [2.05, 4.69) is 31.1 Å². The molecule has 1 aliphatic rings. The summed E-state index contributed by atoms with van der Waals surface area (Å²) in [5, 5.41) is 15.2. The second kappa shape index (κ2) is 12.7. The number of methoxy groups -OCH3 is 3. The molecule has 2 atom stereocenters. The van der Waals surface area contributed by atoms with Crippen LogP contribution in [-0.4, -0.2) is 54.4 Å². The molecule has 0 aliphatic heterocycles. The summed E-state index contributed by atoms with van der Waals surface area (Å²) in [7, 11) is 4.64. The van der Waals surface area contributed by atoms with Gasteiger partial charge in [0.25, 0.3) is 0 Å². The van der Waals surface area contributed by atoms with Crippen molar-refractivity contribution in [3.05, 3.63) is 51.9 Å². The van der Waals surface area contributed by atoms with E-state index in [1.165, 1.54) is 26.4 Å². The number of rotatable bonds is 10. The quantitative estimate of drug-likeness (QED) is 0.290. The molecule has 2 amide bonds. The lowest BCUT2D eigenvalue weighted by atomic mass is 9.95. The van der Waals surface area contributed by atoms with E-state index < -0.39 is 12.1 Å². The number of carbonyl (C=O) groups excluding carboxylic acids is 2. The lowest BCUT2D eigenvalue weighted by Crippen LogP contribution is -2.37. The number of anilines is 2. The van der Waals surface area contributed by atoms with Gasteiger partial charge in [-0.1, -0.05) is 19.9 Å². The number of carbonyl (C=O) groups is 2. The number of fused-ring (bicyclic) bond motifs is 3. The van der Waals surface area contributed by atoms with Crippen LogP contribution in [0.5, 0.6) is 17.2 Å². The van der Waals surface area contributed by atoms with E-state index in [0.29, 0.717) is 47.6 Å². The van der Waals surface area contributed by atoms with Gasteiger partial charge >= 0.3 is 0 Å². The van der Waals surface area contributed by atoms with Crippen LogP contribution in [0.15, 0.2) is 35.4 Å². The molecule has 1 heterocycles. The molecule has 0 fully saturated rings. The van der Waals surface area contributed by atoms with Crippen molar-refractivity contribution < 1.29 is 23.8 Å². The van der Waals surface area contributed by atoms with Crippen molar-refractivity contribution in [2.75, 3.05) is 32.0 Å². The minimum Gasteiger partial charge on any atom is -0.493 e. The summed E-state index contributed by atoms with van der Waals surface area (Å²) in [6.07, 6.45) is 2.88. The fourth-order valence-corrected chi connectivity index (χ4v) is 5.19. The number of amides is 2. The third-order valence-corrected chi connectivity index (χ3v) is 6.93. The predicted octanol–water partition coefficient (Wildman–Crippen LogP) is 3.45. The number of ether oxygens (including phenoxy) is 3. The molecule has 3 aromatic rings. The van der Waals surface area contributed by atoms with Gasteiger partial charge in [-0.3, -0.25) is 19.7 Å². The summed E-state index contributed by atoms with van der Waals surface area (Å²) < 4.78 is 17.1. The Balaban J connectivity index is 1.87. The number of aromatic nitrogens is 3. The average Bonchev–Trinajstić information content (AvgIpc) is 3.34. The number of nitrogens with one attached hydrogen (secondary N) is 4. The number of hydrogen-bond donors (Lipinski definition) is 4. The molecule has 2 aromatic carbocycles. The highest BCUT2D eigenvalue weighted by Crippen LogP contribution is 2.50. The Kier molecular flexibility index (Phi) is 9.10. The van der Waals surface area contributed by atoms with Crippen LogP contribution in [0.4, 0.5) is 11.6 Å². The largest absolute Gasteiger partial charge is 0.493 e. The number of aromatic amines is 1. The summed E-state index contributed by atoms with van der Waals surface area (Å²) in [5.41, 5.74) is 2.91. The number of H-pyrrole nitrogens is 1. The normalized spacial score (nSPS) is 14.7. The molecule has 218 valence electrons. The zero-order valence-corrected chi connectivity index (χ0v) is 24.1. The molecule has 0 spiro atoms. The summed E-state index contributed by atoms with van der Waals surface area (Å²) in [4.78, 5) is 43.0. The van der Waals surface area contributed by atoms with E-state index in [1.807, 2.05) is 26.0 Å². The minimum atomic E-state index is -0.729. The van der Waals surface area contributed by atoms with Crippen LogP contribution in [0.25, 0.3) is 11.1 Å². The van der Waals surface area contributed by atoms with Gasteiger partial charge in [0, 0.05) is 12.5 Å². The Morgan fingerprint density at radius 2 is 1.85 bits per heavy atom. The number of hydrogen-bond acceptors (Lipinski definition) is 9. The Morgan fingerprint density at radius 3 is 2.46 bits per heavy atom. The van der Waals surface area contributed by atoms with Gasteiger partial charge in [-0.2, -0.15) is 10.1 Å². The van der Waals surface area contributed by atoms with Crippen molar-refractivity contribution in [1.29, 1.82) is 0 Å².